The molecule has 0 fully saturated rings. The van der Waals surface area contributed by atoms with Gasteiger partial charge in [-0.15, -0.1) is 11.6 Å². The second-order valence-electron chi connectivity index (χ2n) is 3.86. The van der Waals surface area contributed by atoms with Crippen molar-refractivity contribution >= 4 is 11.6 Å². The van der Waals surface area contributed by atoms with Crippen LogP contribution >= 0.6 is 11.6 Å². The maximum absolute atomic E-state index is 12.9. The highest BCUT2D eigenvalue weighted by Gasteiger charge is 2.34. The van der Waals surface area contributed by atoms with E-state index in [4.69, 9.17) is 11.6 Å². The summed E-state index contributed by atoms with van der Waals surface area (Å²) in [4.78, 5) is 0. The summed E-state index contributed by atoms with van der Waals surface area (Å²) in [6, 6.07) is 14.1. The Morgan fingerprint density at radius 1 is 0.833 bits per heavy atom. The van der Waals surface area contributed by atoms with Gasteiger partial charge in [0.1, 0.15) is 0 Å². The second-order valence-corrected chi connectivity index (χ2v) is 4.29. The Bertz CT molecular complexity index is 520. The van der Waals surface area contributed by atoms with E-state index in [9.17, 15) is 13.2 Å². The van der Waals surface area contributed by atoms with Crippen LogP contribution in [0.2, 0.25) is 0 Å². The normalized spacial score (nSPS) is 13.3. The van der Waals surface area contributed by atoms with E-state index < -0.39 is 17.1 Å². The monoisotopic (exact) mass is 270 g/mol. The van der Waals surface area contributed by atoms with Crippen LogP contribution in [0.1, 0.15) is 22.1 Å². The maximum atomic E-state index is 12.9. The number of halogens is 4. The Morgan fingerprint density at radius 2 is 1.39 bits per heavy atom. The fourth-order valence-corrected chi connectivity index (χ4v) is 2.11. The molecule has 4 heteroatoms. The lowest BCUT2D eigenvalue weighted by atomic mass is 9.99. The molecule has 0 saturated carbocycles. The molecule has 18 heavy (non-hydrogen) atoms. The van der Waals surface area contributed by atoms with Crippen LogP contribution < -0.4 is 0 Å². The molecule has 0 aromatic heterocycles. The van der Waals surface area contributed by atoms with Gasteiger partial charge in [0.05, 0.1) is 10.9 Å². The lowest BCUT2D eigenvalue weighted by Crippen LogP contribution is -2.10. The SMILES string of the molecule is FC(F)(F)c1ccccc1[C@H](Cl)c1ccccc1. The van der Waals surface area contributed by atoms with Gasteiger partial charge in [0.15, 0.2) is 0 Å². The average molecular weight is 271 g/mol. The first kappa shape index (κ1) is 13.0. The van der Waals surface area contributed by atoms with Crippen molar-refractivity contribution in [2.45, 2.75) is 11.6 Å². The third-order valence-corrected chi connectivity index (χ3v) is 3.12. The topological polar surface area (TPSA) is 0 Å². The molecule has 0 aliphatic heterocycles. The highest BCUT2D eigenvalue weighted by atomic mass is 35.5. The predicted molar refractivity (Wildman–Crippen MR) is 65.6 cm³/mol. The quantitative estimate of drug-likeness (QED) is 0.671. The number of hydrogen-bond donors (Lipinski definition) is 0. The molecule has 0 N–H and O–H groups in total. The Labute approximate surface area is 108 Å². The Balaban J connectivity index is 2.46. The van der Waals surface area contributed by atoms with Gasteiger partial charge in [0.2, 0.25) is 0 Å². The van der Waals surface area contributed by atoms with Crippen molar-refractivity contribution in [1.82, 2.24) is 0 Å². The zero-order valence-corrected chi connectivity index (χ0v) is 10.0. The van der Waals surface area contributed by atoms with Crippen LogP contribution in [0.15, 0.2) is 54.6 Å². The zero-order chi connectivity index (χ0) is 13.2. The van der Waals surface area contributed by atoms with Gasteiger partial charge >= 0.3 is 6.18 Å². The summed E-state index contributed by atoms with van der Waals surface area (Å²) in [5.74, 6) is 0. The van der Waals surface area contributed by atoms with Gasteiger partial charge in [-0.1, -0.05) is 48.5 Å². The molecule has 0 amide bonds. The molecule has 0 nitrogen and oxygen atoms in total. The van der Waals surface area contributed by atoms with Crippen molar-refractivity contribution in [3.8, 4) is 0 Å². The molecule has 0 spiro atoms. The van der Waals surface area contributed by atoms with Crippen molar-refractivity contribution in [3.05, 3.63) is 71.3 Å². The largest absolute Gasteiger partial charge is 0.416 e. The van der Waals surface area contributed by atoms with Gasteiger partial charge in [-0.05, 0) is 17.2 Å². The Kier molecular flexibility index (Phi) is 3.62. The van der Waals surface area contributed by atoms with E-state index in [2.05, 4.69) is 0 Å². The summed E-state index contributed by atoms with van der Waals surface area (Å²) < 4.78 is 38.6. The summed E-state index contributed by atoms with van der Waals surface area (Å²) in [5.41, 5.74) is 0.0441. The number of alkyl halides is 4. The van der Waals surface area contributed by atoms with Crippen LogP contribution in [0, 0.1) is 0 Å². The van der Waals surface area contributed by atoms with E-state index in [-0.39, 0.29) is 5.56 Å². The van der Waals surface area contributed by atoms with E-state index >= 15 is 0 Å². The smallest absolute Gasteiger partial charge is 0.166 e. The minimum atomic E-state index is -4.39. The van der Waals surface area contributed by atoms with E-state index in [1.54, 1.807) is 36.4 Å². The molecule has 0 bridgehead atoms. The van der Waals surface area contributed by atoms with Crippen LogP contribution in [-0.4, -0.2) is 0 Å². The maximum Gasteiger partial charge on any atom is 0.416 e. The molecule has 2 aromatic rings. The molecule has 0 aliphatic rings. The molecule has 94 valence electrons. The fourth-order valence-electron chi connectivity index (χ4n) is 1.78. The summed E-state index contributed by atoms with van der Waals surface area (Å²) in [7, 11) is 0. The van der Waals surface area contributed by atoms with Gasteiger partial charge in [-0.25, -0.2) is 0 Å². The molecule has 0 heterocycles. The van der Waals surface area contributed by atoms with Crippen LogP contribution in [0.5, 0.6) is 0 Å². The van der Waals surface area contributed by atoms with Gasteiger partial charge < -0.3 is 0 Å². The third kappa shape index (κ3) is 2.67. The van der Waals surface area contributed by atoms with E-state index in [1.807, 2.05) is 0 Å². The molecule has 1 atom stereocenters. The summed E-state index contributed by atoms with van der Waals surface area (Å²) in [5, 5.41) is -0.802. The van der Waals surface area contributed by atoms with Gasteiger partial charge in [-0.2, -0.15) is 13.2 Å². The summed E-state index contributed by atoms with van der Waals surface area (Å²) in [6.45, 7) is 0. The van der Waals surface area contributed by atoms with E-state index in [0.717, 1.165) is 6.07 Å². The van der Waals surface area contributed by atoms with Crippen LogP contribution in [0.4, 0.5) is 13.2 Å². The molecule has 0 radical (unpaired) electrons. The number of benzene rings is 2. The van der Waals surface area contributed by atoms with Gasteiger partial charge in [0, 0.05) is 0 Å². The first-order chi connectivity index (χ1) is 8.50. The molecule has 0 unspecified atom stereocenters. The summed E-state index contributed by atoms with van der Waals surface area (Å²) in [6.07, 6.45) is -4.39. The molecular weight excluding hydrogens is 261 g/mol. The van der Waals surface area contributed by atoms with Crippen molar-refractivity contribution in [2.75, 3.05) is 0 Å². The standard InChI is InChI=1S/C14H10ClF3/c15-13(10-6-2-1-3-7-10)11-8-4-5-9-12(11)14(16,17)18/h1-9,13H/t13-/m1/s1. The van der Waals surface area contributed by atoms with Crippen LogP contribution in [-0.2, 0) is 6.18 Å². The van der Waals surface area contributed by atoms with Crippen molar-refractivity contribution < 1.29 is 13.2 Å². The lowest BCUT2D eigenvalue weighted by molar-refractivity contribution is -0.138. The van der Waals surface area contributed by atoms with E-state index in [1.165, 1.54) is 12.1 Å². The predicted octanol–water partition coefficient (Wildman–Crippen LogP) is 5.03. The fraction of sp³-hybridized carbons (Fsp3) is 0.143. The highest BCUT2D eigenvalue weighted by Crippen LogP contribution is 2.38. The second kappa shape index (κ2) is 5.02. The minimum absolute atomic E-state index is 0.0814. The molecule has 2 aromatic carbocycles. The zero-order valence-electron chi connectivity index (χ0n) is 9.29. The van der Waals surface area contributed by atoms with Crippen molar-refractivity contribution in [3.63, 3.8) is 0 Å². The average Bonchev–Trinajstić information content (AvgIpc) is 2.38. The van der Waals surface area contributed by atoms with Gasteiger partial charge in [-0.3, -0.25) is 0 Å². The first-order valence-corrected chi connectivity index (χ1v) is 5.79. The Hall–Kier alpha value is -1.48. The third-order valence-electron chi connectivity index (χ3n) is 2.63. The summed E-state index contributed by atoms with van der Waals surface area (Å²) >= 11 is 6.14. The number of rotatable bonds is 2. The molecule has 0 aliphatic carbocycles. The lowest BCUT2D eigenvalue weighted by Gasteiger charge is -2.17. The van der Waals surface area contributed by atoms with E-state index in [0.29, 0.717) is 5.56 Å². The Morgan fingerprint density at radius 3 is 2.00 bits per heavy atom. The molecule has 2 rings (SSSR count). The minimum Gasteiger partial charge on any atom is -0.166 e. The van der Waals surface area contributed by atoms with Crippen LogP contribution in [0.25, 0.3) is 0 Å². The van der Waals surface area contributed by atoms with Gasteiger partial charge in [0.25, 0.3) is 0 Å². The molecule has 0 saturated heterocycles. The van der Waals surface area contributed by atoms with Crippen molar-refractivity contribution in [2.24, 2.45) is 0 Å². The molecular formula is C14H10ClF3. The number of hydrogen-bond acceptors (Lipinski definition) is 0. The van der Waals surface area contributed by atoms with Crippen molar-refractivity contribution in [1.29, 1.82) is 0 Å². The highest BCUT2D eigenvalue weighted by molar-refractivity contribution is 6.22. The van der Waals surface area contributed by atoms with Crippen LogP contribution in [0.3, 0.4) is 0 Å². The first-order valence-electron chi connectivity index (χ1n) is 5.35.